The first-order valence-corrected chi connectivity index (χ1v) is 2.34. The number of nitrogen functional groups attached to an aromatic ring is 1. The zero-order valence-electron chi connectivity index (χ0n) is 4.83. The van der Waals surface area contributed by atoms with E-state index >= 15 is 0 Å². The van der Waals surface area contributed by atoms with Crippen molar-refractivity contribution in [3.63, 3.8) is 0 Å². The van der Waals surface area contributed by atoms with Crippen molar-refractivity contribution in [2.24, 2.45) is 0 Å². The van der Waals surface area contributed by atoms with Crippen LogP contribution in [0.1, 0.15) is 0 Å². The smallest absolute Gasteiger partial charge is 0.138 e. The van der Waals surface area contributed by atoms with Gasteiger partial charge in [0.1, 0.15) is 5.75 Å². The maximum Gasteiger partial charge on any atom is 0.138 e. The Balaban J connectivity index is 0.000000640. The zero-order valence-corrected chi connectivity index (χ0v) is 7.29. The summed E-state index contributed by atoms with van der Waals surface area (Å²) in [5.74, 6) is 0.146. The van der Waals surface area contributed by atoms with Crippen molar-refractivity contribution in [1.29, 1.82) is 0 Å². The fourth-order valence-electron chi connectivity index (χ4n) is 0.488. The molecule has 0 aliphatic heterocycles. The van der Waals surface area contributed by atoms with Gasteiger partial charge in [-0.25, -0.2) is 0 Å². The number of phenols is 1. The molecule has 3 N–H and O–H groups in total. The summed E-state index contributed by atoms with van der Waals surface area (Å²) in [5, 5.41) is 8.79. The number of hydrogen-bond donors (Lipinski definition) is 2. The molecule has 0 saturated heterocycles. The predicted octanol–water partition coefficient (Wildman–Crippen LogP) is 0.972. The topological polar surface area (TPSA) is 46.2 Å². The van der Waals surface area contributed by atoms with Gasteiger partial charge in [-0.1, -0.05) is 12.1 Å². The summed E-state index contributed by atoms with van der Waals surface area (Å²) < 4.78 is 0. The van der Waals surface area contributed by atoms with Crippen LogP contribution in [0.3, 0.4) is 0 Å². The molecule has 2 nitrogen and oxygen atoms in total. The second kappa shape index (κ2) is 3.68. The maximum atomic E-state index is 8.79. The van der Waals surface area contributed by atoms with Gasteiger partial charge in [0.25, 0.3) is 0 Å². The van der Waals surface area contributed by atoms with Crippen LogP contribution in [0, 0.1) is 0 Å². The van der Waals surface area contributed by atoms with Crippen LogP contribution in [0.25, 0.3) is 0 Å². The normalized spacial score (nSPS) is 8.00. The van der Waals surface area contributed by atoms with Crippen molar-refractivity contribution in [3.8, 4) is 5.75 Å². The molecule has 1 aromatic carbocycles. The van der Waals surface area contributed by atoms with E-state index in [-0.39, 0.29) is 32.0 Å². The minimum absolute atomic E-state index is 0. The van der Waals surface area contributed by atoms with Gasteiger partial charge in [-0.15, -0.1) is 0 Å². The van der Waals surface area contributed by atoms with Crippen molar-refractivity contribution >= 4 is 5.69 Å². The van der Waals surface area contributed by atoms with Crippen LogP contribution in [-0.2, 0) is 26.2 Å². The Morgan fingerprint density at radius 1 is 1.22 bits per heavy atom. The van der Waals surface area contributed by atoms with Crippen LogP contribution in [-0.4, -0.2) is 5.11 Å². The summed E-state index contributed by atoms with van der Waals surface area (Å²) in [7, 11) is 0. The molecule has 0 unspecified atom stereocenters. The number of para-hydroxylation sites is 2. The Bertz CT molecular complexity index is 169. The van der Waals surface area contributed by atoms with Crippen molar-refractivity contribution in [1.82, 2.24) is 0 Å². The van der Waals surface area contributed by atoms with Crippen LogP contribution in [0.15, 0.2) is 24.3 Å². The van der Waals surface area contributed by atoms with Crippen molar-refractivity contribution in [2.75, 3.05) is 5.73 Å². The van der Waals surface area contributed by atoms with E-state index in [1.165, 1.54) is 0 Å². The van der Waals surface area contributed by atoms with Crippen LogP contribution in [0.4, 0.5) is 5.69 Å². The van der Waals surface area contributed by atoms with Gasteiger partial charge in [0.15, 0.2) is 0 Å². The summed E-state index contributed by atoms with van der Waals surface area (Å²) in [5.41, 5.74) is 5.69. The number of anilines is 1. The molecule has 0 fully saturated rings. The van der Waals surface area contributed by atoms with Gasteiger partial charge in [-0.3, -0.25) is 0 Å². The number of hydrogen-bond acceptors (Lipinski definition) is 2. The fourth-order valence-corrected chi connectivity index (χ4v) is 0.488. The number of nitrogens with two attached hydrogens (primary N) is 1. The van der Waals surface area contributed by atoms with E-state index in [1.54, 1.807) is 24.3 Å². The first-order chi connectivity index (χ1) is 3.80. The van der Waals surface area contributed by atoms with E-state index in [4.69, 9.17) is 10.8 Å². The molecular formula is C6H7NOZr. The minimum atomic E-state index is 0. The van der Waals surface area contributed by atoms with Crippen LogP contribution >= 0.6 is 0 Å². The molecule has 46 valence electrons. The van der Waals surface area contributed by atoms with Crippen molar-refractivity contribution < 1.29 is 31.3 Å². The zero-order chi connectivity index (χ0) is 5.98. The molecule has 1 aromatic rings. The molecule has 0 aliphatic rings. The van der Waals surface area contributed by atoms with E-state index in [2.05, 4.69) is 0 Å². The molecule has 0 bridgehead atoms. The first kappa shape index (κ1) is 8.70. The Morgan fingerprint density at radius 3 is 2.11 bits per heavy atom. The molecule has 9 heavy (non-hydrogen) atoms. The molecule has 0 aliphatic carbocycles. The molecule has 0 atom stereocenters. The third kappa shape index (κ3) is 2.19. The number of aromatic hydroxyl groups is 1. The molecule has 0 heterocycles. The Morgan fingerprint density at radius 2 is 1.78 bits per heavy atom. The second-order valence-electron chi connectivity index (χ2n) is 1.56. The SMILES string of the molecule is Nc1ccccc1O.[Zr]. The fraction of sp³-hybridized carbons (Fsp3) is 0. The Labute approximate surface area is 72.8 Å². The molecule has 0 radical (unpaired) electrons. The largest absolute Gasteiger partial charge is 0.506 e. The van der Waals surface area contributed by atoms with Crippen LogP contribution in [0.2, 0.25) is 0 Å². The maximum absolute atomic E-state index is 8.79. The van der Waals surface area contributed by atoms with Crippen molar-refractivity contribution in [2.45, 2.75) is 0 Å². The molecule has 3 heteroatoms. The average Bonchev–Trinajstić information content (AvgIpc) is 1.77. The quantitative estimate of drug-likeness (QED) is 0.484. The van der Waals surface area contributed by atoms with Crippen LogP contribution in [0.5, 0.6) is 5.75 Å². The van der Waals surface area contributed by atoms with Gasteiger partial charge in [0.05, 0.1) is 5.69 Å². The summed E-state index contributed by atoms with van der Waals surface area (Å²) >= 11 is 0. The second-order valence-corrected chi connectivity index (χ2v) is 1.56. The summed E-state index contributed by atoms with van der Waals surface area (Å²) in [6, 6.07) is 6.70. The van der Waals surface area contributed by atoms with E-state index in [0.29, 0.717) is 5.69 Å². The monoisotopic (exact) mass is 199 g/mol. The third-order valence-corrected chi connectivity index (χ3v) is 0.937. The summed E-state index contributed by atoms with van der Waals surface area (Å²) in [6.45, 7) is 0. The van der Waals surface area contributed by atoms with Gasteiger partial charge >= 0.3 is 0 Å². The summed E-state index contributed by atoms with van der Waals surface area (Å²) in [4.78, 5) is 0. The number of benzene rings is 1. The molecule has 0 aromatic heterocycles. The van der Waals surface area contributed by atoms with E-state index in [9.17, 15) is 0 Å². The third-order valence-electron chi connectivity index (χ3n) is 0.937. The van der Waals surface area contributed by atoms with Crippen LogP contribution < -0.4 is 5.73 Å². The van der Waals surface area contributed by atoms with E-state index < -0.39 is 0 Å². The van der Waals surface area contributed by atoms with Gasteiger partial charge in [-0.05, 0) is 12.1 Å². The van der Waals surface area contributed by atoms with E-state index in [0.717, 1.165) is 0 Å². The van der Waals surface area contributed by atoms with Gasteiger partial charge < -0.3 is 10.8 Å². The van der Waals surface area contributed by atoms with Gasteiger partial charge in [-0.2, -0.15) is 0 Å². The van der Waals surface area contributed by atoms with Gasteiger partial charge in [0, 0.05) is 26.2 Å². The molecule has 1 rings (SSSR count). The number of rotatable bonds is 0. The standard InChI is InChI=1S/C6H7NO.Zr/c7-5-3-1-2-4-6(5)8;/h1-4,8H,7H2;. The first-order valence-electron chi connectivity index (χ1n) is 2.34. The molecule has 0 amide bonds. The Hall–Kier alpha value is -0.297. The van der Waals surface area contributed by atoms with Gasteiger partial charge in [0.2, 0.25) is 0 Å². The number of phenolic OH excluding ortho intramolecular Hbond substituents is 1. The minimum Gasteiger partial charge on any atom is -0.506 e. The molecule has 0 spiro atoms. The molecule has 0 saturated carbocycles. The summed E-state index contributed by atoms with van der Waals surface area (Å²) in [6.07, 6.45) is 0. The Kier molecular flexibility index (Phi) is 3.55. The molecular weight excluding hydrogens is 193 g/mol. The van der Waals surface area contributed by atoms with E-state index in [1.807, 2.05) is 0 Å². The predicted molar refractivity (Wildman–Crippen MR) is 32.5 cm³/mol. The van der Waals surface area contributed by atoms with Crippen molar-refractivity contribution in [3.05, 3.63) is 24.3 Å². The average molecular weight is 200 g/mol.